The Labute approximate surface area is 164 Å². The predicted molar refractivity (Wildman–Crippen MR) is 111 cm³/mol. The Hall–Kier alpha value is -3.40. The molecule has 1 aliphatic heterocycles. The van der Waals surface area contributed by atoms with Crippen LogP contribution in [0.4, 0.5) is 4.39 Å². The maximum Gasteiger partial charge on any atom is 0.335 e. The van der Waals surface area contributed by atoms with E-state index < -0.39 is 5.97 Å². The van der Waals surface area contributed by atoms with Crippen molar-refractivity contribution in [1.29, 1.82) is 0 Å². The maximum absolute atomic E-state index is 14.6. The summed E-state index contributed by atoms with van der Waals surface area (Å²) in [5.74, 6) is -1.24. The Morgan fingerprint density at radius 1 is 1.21 bits per heavy atom. The number of carboxylic acids is 1. The molecule has 0 spiro atoms. The average Bonchev–Trinajstić information content (AvgIpc) is 2.67. The van der Waals surface area contributed by atoms with Crippen LogP contribution in [0, 0.1) is 12.7 Å². The molecule has 2 aromatic carbocycles. The van der Waals surface area contributed by atoms with E-state index in [9.17, 15) is 9.18 Å². The number of benzene rings is 2. The first-order valence-electron chi connectivity index (χ1n) is 9.07. The van der Waals surface area contributed by atoms with Gasteiger partial charge in [0.1, 0.15) is 5.82 Å². The van der Waals surface area contributed by atoms with Crippen molar-refractivity contribution < 1.29 is 14.3 Å². The van der Waals surface area contributed by atoms with Crippen LogP contribution in [-0.4, -0.2) is 16.0 Å². The van der Waals surface area contributed by atoms with E-state index in [1.54, 1.807) is 17.2 Å². The van der Waals surface area contributed by atoms with Gasteiger partial charge in [0.2, 0.25) is 0 Å². The van der Waals surface area contributed by atoms with Gasteiger partial charge in [-0.25, -0.2) is 9.18 Å². The average molecular weight is 375 g/mol. The second-order valence-corrected chi connectivity index (χ2v) is 6.66. The topological polar surface area (TPSA) is 40.5 Å². The monoisotopic (exact) mass is 375 g/mol. The van der Waals surface area contributed by atoms with E-state index in [1.165, 1.54) is 18.2 Å². The van der Waals surface area contributed by atoms with Crippen molar-refractivity contribution in [1.82, 2.24) is 4.90 Å². The molecule has 0 amide bonds. The molecule has 0 fully saturated rings. The van der Waals surface area contributed by atoms with Crippen LogP contribution in [0.3, 0.4) is 0 Å². The van der Waals surface area contributed by atoms with Crippen LogP contribution in [-0.2, 0) is 4.79 Å². The highest BCUT2D eigenvalue weighted by molar-refractivity contribution is 5.91. The van der Waals surface area contributed by atoms with Crippen LogP contribution in [0.25, 0.3) is 16.7 Å². The first-order chi connectivity index (χ1) is 13.4. The van der Waals surface area contributed by atoms with Crippen molar-refractivity contribution in [2.45, 2.75) is 20.3 Å². The van der Waals surface area contributed by atoms with E-state index in [0.717, 1.165) is 28.7 Å². The summed E-state index contributed by atoms with van der Waals surface area (Å²) in [6.45, 7) is 7.84. The third kappa shape index (κ3) is 3.96. The molecule has 1 heterocycles. The Balaban J connectivity index is 2.03. The van der Waals surface area contributed by atoms with Crippen LogP contribution >= 0.6 is 0 Å². The largest absolute Gasteiger partial charge is 0.478 e. The zero-order valence-corrected chi connectivity index (χ0v) is 15.9. The molecule has 0 bridgehead atoms. The summed E-state index contributed by atoms with van der Waals surface area (Å²) >= 11 is 0. The fourth-order valence-corrected chi connectivity index (χ4v) is 3.17. The summed E-state index contributed by atoms with van der Waals surface area (Å²) in [6, 6.07) is 12.9. The van der Waals surface area contributed by atoms with Gasteiger partial charge in [-0.2, -0.15) is 0 Å². The van der Waals surface area contributed by atoms with E-state index in [-0.39, 0.29) is 11.4 Å². The number of rotatable bonds is 5. The number of aliphatic carboxylic acids is 1. The first kappa shape index (κ1) is 19.4. The quantitative estimate of drug-likeness (QED) is 0.707. The van der Waals surface area contributed by atoms with E-state index in [2.05, 4.69) is 6.58 Å². The smallest absolute Gasteiger partial charge is 0.335 e. The fraction of sp³-hybridized carbons (Fsp3) is 0.125. The minimum atomic E-state index is -0.989. The highest BCUT2D eigenvalue weighted by atomic mass is 19.1. The molecule has 1 aliphatic rings. The number of hydrogen-bond acceptors (Lipinski definition) is 2. The van der Waals surface area contributed by atoms with E-state index in [1.807, 2.05) is 50.4 Å². The Bertz CT molecular complexity index is 1030. The molecule has 1 N–H and O–H groups in total. The lowest BCUT2D eigenvalue weighted by atomic mass is 9.92. The lowest BCUT2D eigenvalue weighted by Crippen LogP contribution is -2.14. The predicted octanol–water partition coefficient (Wildman–Crippen LogP) is 5.91. The Morgan fingerprint density at radius 3 is 2.61 bits per heavy atom. The lowest BCUT2D eigenvalue weighted by Gasteiger charge is -2.22. The molecule has 0 atom stereocenters. The maximum atomic E-state index is 14.6. The SMILES string of the molecule is C=C1C=C(C(=O)O)C=CN1/C=C(\CC)c1ccccc1-c1ccc(C)cc1F. The lowest BCUT2D eigenvalue weighted by molar-refractivity contribution is -0.132. The zero-order chi connectivity index (χ0) is 20.3. The second kappa shape index (κ2) is 8.09. The Morgan fingerprint density at radius 2 is 1.96 bits per heavy atom. The molecule has 3 nitrogen and oxygen atoms in total. The van der Waals surface area contributed by atoms with Gasteiger partial charge < -0.3 is 10.0 Å². The van der Waals surface area contributed by atoms with Gasteiger partial charge in [-0.05, 0) is 53.8 Å². The van der Waals surface area contributed by atoms with Crippen molar-refractivity contribution in [3.8, 4) is 11.1 Å². The van der Waals surface area contributed by atoms with E-state index in [0.29, 0.717) is 11.3 Å². The molecule has 0 radical (unpaired) electrons. The molecule has 3 rings (SSSR count). The van der Waals surface area contributed by atoms with E-state index in [4.69, 9.17) is 5.11 Å². The molecule has 2 aromatic rings. The minimum Gasteiger partial charge on any atom is -0.478 e. The van der Waals surface area contributed by atoms with Gasteiger partial charge in [-0.1, -0.05) is 49.9 Å². The van der Waals surface area contributed by atoms with Gasteiger partial charge >= 0.3 is 5.97 Å². The first-order valence-corrected chi connectivity index (χ1v) is 9.07. The molecule has 0 aromatic heterocycles. The number of hydrogen-bond donors (Lipinski definition) is 1. The molecule has 0 saturated carbocycles. The van der Waals surface area contributed by atoms with Crippen molar-refractivity contribution >= 4 is 11.5 Å². The van der Waals surface area contributed by atoms with Crippen molar-refractivity contribution in [3.05, 3.63) is 102 Å². The highest BCUT2D eigenvalue weighted by Gasteiger charge is 2.15. The van der Waals surface area contributed by atoms with Crippen molar-refractivity contribution in [2.24, 2.45) is 0 Å². The number of carbonyl (C=O) groups is 1. The molecular formula is C24H22FNO2. The molecule has 0 unspecified atom stereocenters. The molecule has 4 heteroatoms. The number of carboxylic acid groups (broad SMARTS) is 1. The van der Waals surface area contributed by atoms with Crippen LogP contribution in [0.5, 0.6) is 0 Å². The number of halogens is 1. The molecule has 0 saturated heterocycles. The second-order valence-electron chi connectivity index (χ2n) is 6.66. The van der Waals surface area contributed by atoms with Crippen LogP contribution in [0.2, 0.25) is 0 Å². The van der Waals surface area contributed by atoms with Gasteiger partial charge in [-0.15, -0.1) is 0 Å². The standard InChI is InChI=1S/C24H22FNO2/c1-4-18(15-26-12-11-19(24(27)28)14-17(26)3)20-7-5-6-8-21(20)22-10-9-16(2)13-23(22)25/h5-15H,3-4H2,1-2H3,(H,27,28)/b18-15+. The zero-order valence-electron chi connectivity index (χ0n) is 15.9. The fourth-order valence-electron chi connectivity index (χ4n) is 3.17. The van der Waals surface area contributed by atoms with Gasteiger partial charge in [0.05, 0.1) is 5.57 Å². The van der Waals surface area contributed by atoms with Crippen molar-refractivity contribution in [3.63, 3.8) is 0 Å². The highest BCUT2D eigenvalue weighted by Crippen LogP contribution is 2.33. The van der Waals surface area contributed by atoms with Gasteiger partial charge in [0, 0.05) is 23.7 Å². The summed E-state index contributed by atoms with van der Waals surface area (Å²) in [4.78, 5) is 12.9. The number of nitrogens with zero attached hydrogens (tertiary/aromatic N) is 1. The van der Waals surface area contributed by atoms with Crippen molar-refractivity contribution in [2.75, 3.05) is 0 Å². The normalized spacial score (nSPS) is 14.2. The summed E-state index contributed by atoms with van der Waals surface area (Å²) in [6.07, 6.45) is 7.37. The van der Waals surface area contributed by atoms with Crippen LogP contribution in [0.15, 0.2) is 84.9 Å². The molecule has 142 valence electrons. The number of aryl methyl sites for hydroxylation is 1. The number of allylic oxidation sites excluding steroid dienone is 2. The van der Waals surface area contributed by atoms with Gasteiger partial charge in [-0.3, -0.25) is 0 Å². The summed E-state index contributed by atoms with van der Waals surface area (Å²) in [5, 5.41) is 9.13. The molecule has 0 aliphatic carbocycles. The van der Waals surface area contributed by atoms with Crippen LogP contribution < -0.4 is 0 Å². The van der Waals surface area contributed by atoms with Gasteiger partial charge in [0.25, 0.3) is 0 Å². The Kier molecular flexibility index (Phi) is 5.59. The summed E-state index contributed by atoms with van der Waals surface area (Å²) < 4.78 is 14.6. The third-order valence-corrected chi connectivity index (χ3v) is 4.68. The minimum absolute atomic E-state index is 0.190. The molecular weight excluding hydrogens is 353 g/mol. The molecule has 28 heavy (non-hydrogen) atoms. The summed E-state index contributed by atoms with van der Waals surface area (Å²) in [5.41, 5.74) is 4.93. The van der Waals surface area contributed by atoms with E-state index >= 15 is 0 Å². The van der Waals surface area contributed by atoms with Gasteiger partial charge in [0.15, 0.2) is 0 Å². The van der Waals surface area contributed by atoms with Crippen LogP contribution in [0.1, 0.15) is 24.5 Å². The summed E-state index contributed by atoms with van der Waals surface area (Å²) in [7, 11) is 0. The third-order valence-electron chi connectivity index (χ3n) is 4.68.